The number of hydrogen-bond donors (Lipinski definition) is 4. The van der Waals surface area contributed by atoms with Crippen LogP contribution in [0.3, 0.4) is 0 Å². The number of carbonyl (C=O) groups is 7. The molecule has 0 radical (unpaired) electrons. The number of hydrogen-bond acceptors (Lipinski definition) is 9. The lowest BCUT2D eigenvalue weighted by Gasteiger charge is -2.43. The Labute approximate surface area is 359 Å². The van der Waals surface area contributed by atoms with Gasteiger partial charge < -0.3 is 45.4 Å². The molecule has 6 rings (SSSR count). The number of urea groups is 1. The Hall–Kier alpha value is -6.02. The molecular formula is C42H50F5N7O9. The third kappa shape index (κ3) is 11.5. The molecule has 2 aromatic carbocycles. The normalized spacial score (nSPS) is 26.7. The number of nitrogens with zero attached hydrogens (tertiary/aromatic N) is 3. The molecule has 0 aliphatic carbocycles. The molecule has 0 aromatic heterocycles. The lowest BCUT2D eigenvalue weighted by molar-refractivity contribution is -0.274. The van der Waals surface area contributed by atoms with Gasteiger partial charge in [-0.15, -0.1) is 13.2 Å². The van der Waals surface area contributed by atoms with Gasteiger partial charge in [0.1, 0.15) is 59.7 Å². The second kappa shape index (κ2) is 19.6. The molecule has 0 spiro atoms. The van der Waals surface area contributed by atoms with E-state index in [4.69, 9.17) is 4.74 Å². The molecule has 2 aromatic rings. The smallest absolute Gasteiger partial charge is 0.458 e. The van der Waals surface area contributed by atoms with E-state index in [1.165, 1.54) is 28.5 Å². The predicted molar refractivity (Wildman–Crippen MR) is 212 cm³/mol. The number of esters is 1. The summed E-state index contributed by atoms with van der Waals surface area (Å²) in [4.78, 5) is 103. The lowest BCUT2D eigenvalue weighted by atomic mass is 9.95. The summed E-state index contributed by atoms with van der Waals surface area (Å²) in [5, 5.41) is 10.0. The number of benzene rings is 2. The maximum atomic E-state index is 14.8. The topological polar surface area (TPSA) is 196 Å². The van der Waals surface area contributed by atoms with Crippen molar-refractivity contribution in [3.63, 3.8) is 0 Å². The average molecular weight is 892 g/mol. The summed E-state index contributed by atoms with van der Waals surface area (Å²) in [6.45, 7) is 5.05. The van der Waals surface area contributed by atoms with Crippen molar-refractivity contribution in [1.29, 1.82) is 0 Å². The molecule has 342 valence electrons. The fourth-order valence-electron chi connectivity index (χ4n) is 8.63. The zero-order chi connectivity index (χ0) is 45.7. The maximum absolute atomic E-state index is 14.8. The number of amides is 7. The molecular weight excluding hydrogens is 841 g/mol. The van der Waals surface area contributed by atoms with Gasteiger partial charge in [-0.2, -0.15) is 0 Å². The van der Waals surface area contributed by atoms with E-state index in [2.05, 4.69) is 26.0 Å². The largest absolute Gasteiger partial charge is 0.573 e. The summed E-state index contributed by atoms with van der Waals surface area (Å²) in [6.07, 6.45) is -4.10. The second-order valence-corrected chi connectivity index (χ2v) is 16.5. The van der Waals surface area contributed by atoms with Crippen molar-refractivity contribution in [1.82, 2.24) is 30.7 Å². The Bertz CT molecular complexity index is 2050. The molecule has 4 aliphatic heterocycles. The second-order valence-electron chi connectivity index (χ2n) is 16.5. The van der Waals surface area contributed by atoms with Crippen molar-refractivity contribution in [2.45, 2.75) is 121 Å². The number of cyclic esters (lactones) is 1. The van der Waals surface area contributed by atoms with Crippen LogP contribution in [0.2, 0.25) is 0 Å². The first-order valence-electron chi connectivity index (χ1n) is 20.9. The number of fused-ring (bicyclic) bond motifs is 3. The van der Waals surface area contributed by atoms with Crippen LogP contribution in [0.4, 0.5) is 32.4 Å². The SMILES string of the molecule is C[C@H]1C[C@H]2C(=O)O[C@@H](C)[C@H](NC(=O)[C@H](Cc3cc(F)cc(F)c3)NC(=O)Nc3ccc(OC(F)(F)F)cc3)C(=O)N3CCCC[C@H]3C(=O)N3CCCC[C@H]3C(=O)N[C@@H](C)C(=O)N2C1. The monoisotopic (exact) mass is 891 g/mol. The highest BCUT2D eigenvalue weighted by atomic mass is 19.4. The number of nitrogens with one attached hydrogen (secondary N) is 4. The molecule has 4 saturated heterocycles. The van der Waals surface area contributed by atoms with Crippen molar-refractivity contribution >= 4 is 47.2 Å². The molecule has 4 aliphatic rings. The fourth-order valence-corrected chi connectivity index (χ4v) is 8.63. The Morgan fingerprint density at radius 3 is 2.08 bits per heavy atom. The van der Waals surface area contributed by atoms with Gasteiger partial charge in [-0.25, -0.2) is 18.4 Å². The third-order valence-electron chi connectivity index (χ3n) is 11.6. The Balaban J connectivity index is 1.33. The van der Waals surface area contributed by atoms with Gasteiger partial charge in [-0.05, 0) is 107 Å². The van der Waals surface area contributed by atoms with E-state index in [0.717, 1.165) is 36.4 Å². The van der Waals surface area contributed by atoms with Crippen LogP contribution in [0.1, 0.15) is 71.3 Å². The van der Waals surface area contributed by atoms with Gasteiger partial charge in [0.15, 0.2) is 0 Å². The molecule has 16 nitrogen and oxygen atoms in total. The molecule has 4 fully saturated rings. The van der Waals surface area contributed by atoms with Crippen molar-refractivity contribution in [2.24, 2.45) is 5.92 Å². The van der Waals surface area contributed by atoms with Crippen LogP contribution in [0, 0.1) is 17.6 Å². The van der Waals surface area contributed by atoms with E-state index in [0.29, 0.717) is 38.2 Å². The number of ether oxygens (including phenoxy) is 2. The molecule has 63 heavy (non-hydrogen) atoms. The van der Waals surface area contributed by atoms with Gasteiger partial charge in [0.05, 0.1) is 0 Å². The summed E-state index contributed by atoms with van der Waals surface area (Å²) in [5.74, 6) is -7.21. The standard InChI is InChI=1S/C42H50F5N7O9/c1-22-16-33-40(60)62-24(3)34(39(59)53-15-7-5-9-32(53)38(58)52-14-6-4-8-31(52)36(56)48-23(2)37(57)54(33)21-22)51-35(55)30(19-25-17-26(43)20-27(44)18-25)50-41(61)49-28-10-12-29(13-11-28)63-42(45,46)47/h10-13,17-18,20,22-24,30-34H,4-9,14-16,19,21H2,1-3H3,(H,48,56)(H,51,55)(H2,49,50,61)/t22-,23-,24-,30-,31-,32-,33-,34-/m0/s1. The lowest BCUT2D eigenvalue weighted by Crippen LogP contribution is -2.65. The molecule has 0 bridgehead atoms. The van der Waals surface area contributed by atoms with Crippen molar-refractivity contribution < 1.29 is 65.0 Å². The number of rotatable bonds is 7. The van der Waals surface area contributed by atoms with Gasteiger partial charge in [-0.1, -0.05) is 6.92 Å². The van der Waals surface area contributed by atoms with E-state index < -0.39 is 114 Å². The quantitative estimate of drug-likeness (QED) is 0.238. The Morgan fingerprint density at radius 1 is 0.825 bits per heavy atom. The highest BCUT2D eigenvalue weighted by Gasteiger charge is 2.47. The van der Waals surface area contributed by atoms with E-state index in [9.17, 15) is 55.5 Å². The van der Waals surface area contributed by atoms with Crippen LogP contribution in [-0.2, 0) is 39.9 Å². The third-order valence-corrected chi connectivity index (χ3v) is 11.6. The van der Waals surface area contributed by atoms with Gasteiger partial charge >= 0.3 is 18.4 Å². The van der Waals surface area contributed by atoms with Gasteiger partial charge in [0.2, 0.25) is 29.5 Å². The zero-order valence-corrected chi connectivity index (χ0v) is 34.8. The first-order valence-corrected chi connectivity index (χ1v) is 20.9. The Kier molecular flexibility index (Phi) is 14.4. The van der Waals surface area contributed by atoms with E-state index in [1.807, 2.05) is 6.92 Å². The van der Waals surface area contributed by atoms with Crippen molar-refractivity contribution in [2.75, 3.05) is 25.0 Å². The number of halogens is 5. The minimum Gasteiger partial charge on any atom is -0.458 e. The molecule has 4 N–H and O–H groups in total. The summed E-state index contributed by atoms with van der Waals surface area (Å²) in [5.41, 5.74) is -0.134. The fraction of sp³-hybridized carbons (Fsp3) is 0.548. The average Bonchev–Trinajstić information content (AvgIpc) is 3.62. The molecule has 4 heterocycles. The maximum Gasteiger partial charge on any atom is 0.573 e. The van der Waals surface area contributed by atoms with E-state index >= 15 is 0 Å². The molecule has 8 atom stereocenters. The van der Waals surface area contributed by atoms with Gasteiger partial charge in [-0.3, -0.25) is 24.0 Å². The molecule has 0 saturated carbocycles. The van der Waals surface area contributed by atoms with Crippen LogP contribution in [0.15, 0.2) is 42.5 Å². The first kappa shape index (κ1) is 46.5. The summed E-state index contributed by atoms with van der Waals surface area (Å²) in [7, 11) is 0. The van der Waals surface area contributed by atoms with E-state index in [1.54, 1.807) is 0 Å². The highest BCUT2D eigenvalue weighted by Crippen LogP contribution is 2.29. The van der Waals surface area contributed by atoms with Crippen molar-refractivity contribution in [3.8, 4) is 5.75 Å². The van der Waals surface area contributed by atoms with Crippen LogP contribution >= 0.6 is 0 Å². The van der Waals surface area contributed by atoms with Crippen LogP contribution < -0.4 is 26.0 Å². The molecule has 7 amide bonds. The number of carbonyl (C=O) groups excluding carboxylic acids is 7. The highest BCUT2D eigenvalue weighted by molar-refractivity contribution is 5.98. The van der Waals surface area contributed by atoms with Gasteiger partial charge in [0, 0.05) is 37.8 Å². The predicted octanol–water partition coefficient (Wildman–Crippen LogP) is 3.53. The number of piperidine rings is 2. The number of anilines is 1. The minimum atomic E-state index is -4.97. The number of alkyl halides is 3. The van der Waals surface area contributed by atoms with Crippen LogP contribution in [0.5, 0.6) is 5.75 Å². The summed E-state index contributed by atoms with van der Waals surface area (Å²) in [6, 6.07) is -2.32. The first-order chi connectivity index (χ1) is 29.8. The minimum absolute atomic E-state index is 0.0383. The van der Waals surface area contributed by atoms with E-state index in [-0.39, 0.29) is 49.6 Å². The Morgan fingerprint density at radius 2 is 1.44 bits per heavy atom. The zero-order valence-electron chi connectivity index (χ0n) is 34.8. The molecule has 21 heteroatoms. The van der Waals surface area contributed by atoms with Crippen LogP contribution in [-0.4, -0.2) is 125 Å². The molecule has 0 unspecified atom stereocenters. The summed E-state index contributed by atoms with van der Waals surface area (Å²) >= 11 is 0. The van der Waals surface area contributed by atoms with Crippen molar-refractivity contribution in [3.05, 3.63) is 59.7 Å². The summed E-state index contributed by atoms with van der Waals surface area (Å²) < 4.78 is 76.6. The van der Waals surface area contributed by atoms with Crippen LogP contribution in [0.25, 0.3) is 0 Å². The van der Waals surface area contributed by atoms with Gasteiger partial charge in [0.25, 0.3) is 0 Å².